The fourth-order valence-electron chi connectivity index (χ4n) is 1.89. The Labute approximate surface area is 132 Å². The molecule has 0 heterocycles. The molecule has 0 spiro atoms. The van der Waals surface area contributed by atoms with E-state index in [1.54, 1.807) is 7.11 Å². The summed E-state index contributed by atoms with van der Waals surface area (Å²) in [6.07, 6.45) is 3.37. The van der Waals surface area contributed by atoms with Gasteiger partial charge in [0, 0.05) is 31.8 Å². The van der Waals surface area contributed by atoms with Crippen LogP contribution >= 0.6 is 11.6 Å². The summed E-state index contributed by atoms with van der Waals surface area (Å²) in [6.45, 7) is 5.24. The Morgan fingerprint density at radius 2 is 2.00 bits per heavy atom. The molecule has 5 heteroatoms. The molecule has 0 atom stereocenters. The van der Waals surface area contributed by atoms with Gasteiger partial charge in [0.05, 0.1) is 6.54 Å². The van der Waals surface area contributed by atoms with E-state index in [1.165, 1.54) is 0 Å². The summed E-state index contributed by atoms with van der Waals surface area (Å²) < 4.78 is 5.04. The Hall–Kier alpha value is -1.26. The molecule has 118 valence electrons. The molecule has 1 rings (SSSR count). The average molecular weight is 312 g/mol. The number of hydrogen-bond acceptors (Lipinski definition) is 2. The molecule has 0 unspecified atom stereocenters. The standard InChI is InChI=1S/C16H26ClN3O/c1-3-18-16(19-11-7-4-8-12-21-2)20-13-14-9-5-6-10-15(14)17/h5-6,9-10H,3-4,7-8,11-13H2,1-2H3,(H2,18,19,20). The molecule has 0 radical (unpaired) electrons. The zero-order valence-electron chi connectivity index (χ0n) is 13.0. The third-order valence-corrected chi connectivity index (χ3v) is 3.40. The first kappa shape index (κ1) is 17.8. The Morgan fingerprint density at radius 1 is 1.19 bits per heavy atom. The molecule has 0 saturated heterocycles. The van der Waals surface area contributed by atoms with Crippen LogP contribution in [0.1, 0.15) is 31.7 Å². The van der Waals surface area contributed by atoms with Gasteiger partial charge in [-0.3, -0.25) is 0 Å². The highest BCUT2D eigenvalue weighted by Gasteiger charge is 2.00. The van der Waals surface area contributed by atoms with Crippen molar-refractivity contribution >= 4 is 17.6 Å². The molecule has 0 amide bonds. The summed E-state index contributed by atoms with van der Waals surface area (Å²) >= 11 is 6.14. The van der Waals surface area contributed by atoms with E-state index in [0.29, 0.717) is 6.54 Å². The lowest BCUT2D eigenvalue weighted by atomic mass is 10.2. The Balaban J connectivity index is 2.38. The first-order valence-corrected chi connectivity index (χ1v) is 7.90. The molecule has 0 aliphatic carbocycles. The lowest BCUT2D eigenvalue weighted by Gasteiger charge is -2.11. The van der Waals surface area contributed by atoms with Crippen LogP contribution in [-0.2, 0) is 11.3 Å². The first-order valence-electron chi connectivity index (χ1n) is 7.52. The minimum atomic E-state index is 0.582. The average Bonchev–Trinajstić information content (AvgIpc) is 2.49. The van der Waals surface area contributed by atoms with Crippen molar-refractivity contribution in [1.82, 2.24) is 10.6 Å². The minimum absolute atomic E-state index is 0.582. The van der Waals surface area contributed by atoms with Crippen molar-refractivity contribution in [3.63, 3.8) is 0 Å². The summed E-state index contributed by atoms with van der Waals surface area (Å²) in [5.41, 5.74) is 1.04. The number of nitrogens with zero attached hydrogens (tertiary/aromatic N) is 1. The summed E-state index contributed by atoms with van der Waals surface area (Å²) in [5.74, 6) is 0.837. The zero-order chi connectivity index (χ0) is 15.3. The van der Waals surface area contributed by atoms with Gasteiger partial charge in [0.15, 0.2) is 5.96 Å². The number of unbranched alkanes of at least 4 members (excludes halogenated alkanes) is 2. The van der Waals surface area contributed by atoms with Gasteiger partial charge in [-0.1, -0.05) is 29.8 Å². The van der Waals surface area contributed by atoms with Gasteiger partial charge in [0.25, 0.3) is 0 Å². The molecule has 0 aliphatic heterocycles. The fourth-order valence-corrected chi connectivity index (χ4v) is 2.08. The van der Waals surface area contributed by atoms with E-state index in [2.05, 4.69) is 22.5 Å². The summed E-state index contributed by atoms with van der Waals surface area (Å²) in [4.78, 5) is 4.56. The van der Waals surface area contributed by atoms with Crippen LogP contribution in [0.25, 0.3) is 0 Å². The highest BCUT2D eigenvalue weighted by Crippen LogP contribution is 2.15. The number of rotatable bonds is 9. The Bertz CT molecular complexity index is 424. The van der Waals surface area contributed by atoms with Gasteiger partial charge in [0.1, 0.15) is 0 Å². The lowest BCUT2D eigenvalue weighted by molar-refractivity contribution is 0.192. The van der Waals surface area contributed by atoms with Crippen molar-refractivity contribution in [2.24, 2.45) is 4.99 Å². The quantitative estimate of drug-likeness (QED) is 0.418. The maximum atomic E-state index is 6.14. The van der Waals surface area contributed by atoms with Crippen LogP contribution in [0.2, 0.25) is 5.02 Å². The van der Waals surface area contributed by atoms with Crippen molar-refractivity contribution in [2.45, 2.75) is 32.7 Å². The Kier molecular flexibility index (Phi) is 9.66. The van der Waals surface area contributed by atoms with E-state index < -0.39 is 0 Å². The third kappa shape index (κ3) is 7.93. The molecular formula is C16H26ClN3O. The number of nitrogens with one attached hydrogen (secondary N) is 2. The third-order valence-electron chi connectivity index (χ3n) is 3.03. The predicted octanol–water partition coefficient (Wildman–Crippen LogP) is 3.21. The van der Waals surface area contributed by atoms with Crippen molar-refractivity contribution in [3.8, 4) is 0 Å². The number of ether oxygens (including phenoxy) is 1. The number of hydrogen-bond donors (Lipinski definition) is 2. The number of benzene rings is 1. The second-order valence-electron chi connectivity index (χ2n) is 4.77. The van der Waals surface area contributed by atoms with Crippen LogP contribution in [0.4, 0.5) is 0 Å². The molecular weight excluding hydrogens is 286 g/mol. The largest absolute Gasteiger partial charge is 0.385 e. The smallest absolute Gasteiger partial charge is 0.191 e. The number of methoxy groups -OCH3 is 1. The van der Waals surface area contributed by atoms with Gasteiger partial charge in [-0.2, -0.15) is 0 Å². The lowest BCUT2D eigenvalue weighted by Crippen LogP contribution is -2.37. The molecule has 21 heavy (non-hydrogen) atoms. The summed E-state index contributed by atoms with van der Waals surface area (Å²) in [5, 5.41) is 7.35. The van der Waals surface area contributed by atoms with E-state index >= 15 is 0 Å². The molecule has 0 aliphatic rings. The molecule has 0 fully saturated rings. The van der Waals surface area contributed by atoms with E-state index in [0.717, 1.165) is 55.5 Å². The van der Waals surface area contributed by atoms with Crippen LogP contribution in [0, 0.1) is 0 Å². The monoisotopic (exact) mass is 311 g/mol. The molecule has 0 aromatic heterocycles. The van der Waals surface area contributed by atoms with Crippen LogP contribution in [0.3, 0.4) is 0 Å². The molecule has 1 aromatic carbocycles. The molecule has 1 aromatic rings. The molecule has 0 saturated carbocycles. The normalized spacial score (nSPS) is 11.5. The minimum Gasteiger partial charge on any atom is -0.385 e. The highest BCUT2D eigenvalue weighted by atomic mass is 35.5. The van der Waals surface area contributed by atoms with Gasteiger partial charge in [-0.25, -0.2) is 4.99 Å². The van der Waals surface area contributed by atoms with E-state index in [9.17, 15) is 0 Å². The Morgan fingerprint density at radius 3 is 2.71 bits per heavy atom. The van der Waals surface area contributed by atoms with Gasteiger partial charge in [-0.05, 0) is 37.8 Å². The van der Waals surface area contributed by atoms with Crippen molar-refractivity contribution in [3.05, 3.63) is 34.9 Å². The fraction of sp³-hybridized carbons (Fsp3) is 0.562. The summed E-state index contributed by atoms with van der Waals surface area (Å²) in [7, 11) is 1.74. The van der Waals surface area contributed by atoms with Crippen LogP contribution < -0.4 is 10.6 Å². The van der Waals surface area contributed by atoms with Gasteiger partial charge < -0.3 is 15.4 Å². The number of halogens is 1. The second-order valence-corrected chi connectivity index (χ2v) is 5.17. The number of guanidine groups is 1. The van der Waals surface area contributed by atoms with Crippen LogP contribution in [0.15, 0.2) is 29.3 Å². The van der Waals surface area contributed by atoms with Crippen LogP contribution in [-0.4, -0.2) is 32.8 Å². The number of aliphatic imine (C=N–C) groups is 1. The van der Waals surface area contributed by atoms with E-state index in [4.69, 9.17) is 16.3 Å². The maximum absolute atomic E-state index is 6.14. The highest BCUT2D eigenvalue weighted by molar-refractivity contribution is 6.31. The van der Waals surface area contributed by atoms with Gasteiger partial charge >= 0.3 is 0 Å². The van der Waals surface area contributed by atoms with Gasteiger partial charge in [-0.15, -0.1) is 0 Å². The maximum Gasteiger partial charge on any atom is 0.191 e. The predicted molar refractivity (Wildman–Crippen MR) is 90.0 cm³/mol. The van der Waals surface area contributed by atoms with Crippen molar-refractivity contribution < 1.29 is 4.74 Å². The topological polar surface area (TPSA) is 45.7 Å². The SMILES string of the molecule is CCNC(=NCc1ccccc1Cl)NCCCCCOC. The molecule has 2 N–H and O–H groups in total. The van der Waals surface area contributed by atoms with Crippen molar-refractivity contribution in [2.75, 3.05) is 26.8 Å². The molecule has 0 bridgehead atoms. The van der Waals surface area contributed by atoms with Gasteiger partial charge in [0.2, 0.25) is 0 Å². The first-order chi connectivity index (χ1) is 10.3. The molecule has 4 nitrogen and oxygen atoms in total. The summed E-state index contributed by atoms with van der Waals surface area (Å²) in [6, 6.07) is 7.80. The van der Waals surface area contributed by atoms with E-state index in [-0.39, 0.29) is 0 Å². The second kappa shape index (κ2) is 11.4. The van der Waals surface area contributed by atoms with E-state index in [1.807, 2.05) is 24.3 Å². The van der Waals surface area contributed by atoms with Crippen LogP contribution in [0.5, 0.6) is 0 Å². The zero-order valence-corrected chi connectivity index (χ0v) is 13.7. The van der Waals surface area contributed by atoms with Crippen molar-refractivity contribution in [1.29, 1.82) is 0 Å².